The van der Waals surface area contributed by atoms with E-state index in [0.29, 0.717) is 31.1 Å². The summed E-state index contributed by atoms with van der Waals surface area (Å²) in [6, 6.07) is 16.8. The molecule has 6 nitrogen and oxygen atoms in total. The Bertz CT molecular complexity index is 1180. The third-order valence-corrected chi connectivity index (χ3v) is 5.10. The highest BCUT2D eigenvalue weighted by Crippen LogP contribution is 2.31. The summed E-state index contributed by atoms with van der Waals surface area (Å²) in [5, 5.41) is 1.02. The van der Waals surface area contributed by atoms with Crippen molar-refractivity contribution in [1.82, 2.24) is 14.5 Å². The van der Waals surface area contributed by atoms with Gasteiger partial charge in [0.25, 0.3) is 0 Å². The Hall–Kier alpha value is -2.96. The summed E-state index contributed by atoms with van der Waals surface area (Å²) in [6.07, 6.45) is 0.848. The van der Waals surface area contributed by atoms with E-state index in [2.05, 4.69) is 52.0 Å². The number of pyridine rings is 1. The first-order chi connectivity index (χ1) is 14.4. The van der Waals surface area contributed by atoms with Gasteiger partial charge < -0.3 is 20.8 Å². The molecule has 6 heteroatoms. The number of ether oxygens (including phenoxy) is 1. The number of nitrogen functional groups attached to an aromatic ring is 1. The number of fused-ring (bicyclic) bond motifs is 3. The van der Waals surface area contributed by atoms with Crippen LogP contribution in [0.5, 0.6) is 0 Å². The van der Waals surface area contributed by atoms with Crippen molar-refractivity contribution in [3.05, 3.63) is 65.5 Å². The molecule has 0 radical (unpaired) electrons. The van der Waals surface area contributed by atoms with E-state index in [0.717, 1.165) is 28.7 Å². The fraction of sp³-hybridized carbons (Fsp3) is 0.333. The van der Waals surface area contributed by atoms with Gasteiger partial charge in [-0.05, 0) is 44.4 Å². The average molecular weight is 404 g/mol. The molecule has 0 amide bonds. The van der Waals surface area contributed by atoms with Crippen LogP contribution in [0.2, 0.25) is 0 Å². The normalized spacial score (nSPS) is 12.1. The van der Waals surface area contributed by atoms with E-state index in [-0.39, 0.29) is 0 Å². The summed E-state index contributed by atoms with van der Waals surface area (Å²) in [6.45, 7) is 7.62. The van der Waals surface area contributed by atoms with Gasteiger partial charge in [-0.2, -0.15) is 0 Å². The molecule has 156 valence electrons. The standard InChI is InChI=1S/C24H29N5O/c1-4-30-14-20-28-21-22(29(20)15-24(2,3)26)18-11-10-17(13-19(18)27-23(21)25)12-16-8-6-5-7-9-16/h5-11,13H,4,12,14-15,26H2,1-3H3,(H2,25,27). The maximum atomic E-state index is 6.37. The number of anilines is 1. The fourth-order valence-electron chi connectivity index (χ4n) is 3.83. The molecular weight excluding hydrogens is 374 g/mol. The van der Waals surface area contributed by atoms with Gasteiger partial charge in [0.2, 0.25) is 0 Å². The highest BCUT2D eigenvalue weighted by molar-refractivity contribution is 6.06. The van der Waals surface area contributed by atoms with E-state index in [4.69, 9.17) is 21.2 Å². The lowest BCUT2D eigenvalue weighted by Gasteiger charge is -2.22. The van der Waals surface area contributed by atoms with E-state index in [1.165, 1.54) is 11.1 Å². The Kier molecular flexibility index (Phi) is 5.45. The number of benzene rings is 2. The van der Waals surface area contributed by atoms with Gasteiger partial charge in [0.1, 0.15) is 17.9 Å². The van der Waals surface area contributed by atoms with Crippen LogP contribution in [0.3, 0.4) is 0 Å². The van der Waals surface area contributed by atoms with Crippen molar-refractivity contribution >= 4 is 27.8 Å². The molecule has 30 heavy (non-hydrogen) atoms. The van der Waals surface area contributed by atoms with Crippen LogP contribution in [0.4, 0.5) is 5.82 Å². The molecule has 0 aliphatic carbocycles. The van der Waals surface area contributed by atoms with E-state index in [9.17, 15) is 0 Å². The number of aromatic nitrogens is 3. The monoisotopic (exact) mass is 403 g/mol. The second kappa shape index (κ2) is 8.05. The van der Waals surface area contributed by atoms with Gasteiger partial charge in [-0.15, -0.1) is 0 Å². The molecule has 0 aliphatic rings. The van der Waals surface area contributed by atoms with Crippen molar-refractivity contribution in [2.45, 2.75) is 45.9 Å². The quantitative estimate of drug-likeness (QED) is 0.486. The van der Waals surface area contributed by atoms with E-state index in [1.807, 2.05) is 26.8 Å². The van der Waals surface area contributed by atoms with Crippen LogP contribution in [0, 0.1) is 0 Å². The zero-order valence-corrected chi connectivity index (χ0v) is 17.9. The second-order valence-electron chi connectivity index (χ2n) is 8.45. The molecule has 0 aliphatic heterocycles. The van der Waals surface area contributed by atoms with Crippen LogP contribution < -0.4 is 11.5 Å². The molecule has 4 aromatic rings. The third kappa shape index (κ3) is 4.15. The first kappa shape index (κ1) is 20.3. The number of nitrogens with two attached hydrogens (primary N) is 2. The van der Waals surface area contributed by atoms with Crippen LogP contribution in [0.25, 0.3) is 21.9 Å². The third-order valence-electron chi connectivity index (χ3n) is 5.10. The van der Waals surface area contributed by atoms with Crippen LogP contribution in [-0.2, 0) is 24.3 Å². The number of rotatable bonds is 7. The van der Waals surface area contributed by atoms with E-state index in [1.54, 1.807) is 0 Å². The molecule has 2 aromatic carbocycles. The Morgan fingerprint density at radius 3 is 2.50 bits per heavy atom. The lowest BCUT2D eigenvalue weighted by Crippen LogP contribution is -2.37. The molecule has 0 spiro atoms. The van der Waals surface area contributed by atoms with Crippen molar-refractivity contribution in [3.8, 4) is 0 Å². The Labute approximate surface area is 176 Å². The molecule has 2 heterocycles. The van der Waals surface area contributed by atoms with Gasteiger partial charge in [0.05, 0.1) is 11.0 Å². The Morgan fingerprint density at radius 1 is 1.03 bits per heavy atom. The molecule has 0 saturated carbocycles. The molecule has 0 unspecified atom stereocenters. The maximum absolute atomic E-state index is 6.37. The van der Waals surface area contributed by atoms with Gasteiger partial charge in [-0.1, -0.05) is 42.5 Å². The molecule has 4 N–H and O–H groups in total. The van der Waals surface area contributed by atoms with Gasteiger partial charge in [0.15, 0.2) is 5.82 Å². The summed E-state index contributed by atoms with van der Waals surface area (Å²) in [4.78, 5) is 9.44. The fourth-order valence-corrected chi connectivity index (χ4v) is 3.83. The lowest BCUT2D eigenvalue weighted by atomic mass is 10.0. The molecule has 0 fully saturated rings. The average Bonchev–Trinajstić information content (AvgIpc) is 3.04. The maximum Gasteiger partial charge on any atom is 0.152 e. The largest absolute Gasteiger partial charge is 0.382 e. The van der Waals surface area contributed by atoms with Gasteiger partial charge >= 0.3 is 0 Å². The zero-order chi connectivity index (χ0) is 21.3. The summed E-state index contributed by atoms with van der Waals surface area (Å²) in [5.41, 5.74) is 17.3. The van der Waals surface area contributed by atoms with Crippen molar-refractivity contribution in [2.75, 3.05) is 12.3 Å². The van der Waals surface area contributed by atoms with E-state index >= 15 is 0 Å². The van der Waals surface area contributed by atoms with Gasteiger partial charge in [0, 0.05) is 24.1 Å². The number of nitrogens with zero attached hydrogens (tertiary/aromatic N) is 3. The number of hydrogen-bond donors (Lipinski definition) is 2. The second-order valence-corrected chi connectivity index (χ2v) is 8.45. The minimum Gasteiger partial charge on any atom is -0.382 e. The van der Waals surface area contributed by atoms with Crippen LogP contribution >= 0.6 is 0 Å². The highest BCUT2D eigenvalue weighted by atomic mass is 16.5. The Balaban J connectivity index is 1.87. The van der Waals surface area contributed by atoms with Crippen LogP contribution in [-0.4, -0.2) is 26.7 Å². The topological polar surface area (TPSA) is 92.0 Å². The minimum atomic E-state index is -0.411. The van der Waals surface area contributed by atoms with E-state index < -0.39 is 5.54 Å². The molecule has 4 rings (SSSR count). The molecule has 0 atom stereocenters. The van der Waals surface area contributed by atoms with Gasteiger partial charge in [-0.3, -0.25) is 0 Å². The number of hydrogen-bond acceptors (Lipinski definition) is 5. The predicted octanol–water partition coefficient (Wildman–Crippen LogP) is 4.03. The van der Waals surface area contributed by atoms with Crippen molar-refractivity contribution in [2.24, 2.45) is 5.73 Å². The lowest BCUT2D eigenvalue weighted by molar-refractivity contribution is 0.125. The minimum absolute atomic E-state index is 0.411. The van der Waals surface area contributed by atoms with Crippen LogP contribution in [0.1, 0.15) is 37.7 Å². The SMILES string of the molecule is CCOCc1nc2c(N)nc3cc(Cc4ccccc4)ccc3c2n1CC(C)(C)N. The summed E-state index contributed by atoms with van der Waals surface area (Å²) < 4.78 is 7.80. The molecular formula is C24H29N5O. The van der Waals surface area contributed by atoms with Crippen molar-refractivity contribution in [1.29, 1.82) is 0 Å². The zero-order valence-electron chi connectivity index (χ0n) is 17.9. The summed E-state index contributed by atoms with van der Waals surface area (Å²) in [7, 11) is 0. The predicted molar refractivity (Wildman–Crippen MR) is 122 cm³/mol. The van der Waals surface area contributed by atoms with Crippen molar-refractivity contribution < 1.29 is 4.74 Å². The summed E-state index contributed by atoms with van der Waals surface area (Å²) >= 11 is 0. The molecule has 0 bridgehead atoms. The van der Waals surface area contributed by atoms with Gasteiger partial charge in [-0.25, -0.2) is 9.97 Å². The Morgan fingerprint density at radius 2 is 1.80 bits per heavy atom. The number of imidazole rings is 1. The molecule has 0 saturated heterocycles. The smallest absolute Gasteiger partial charge is 0.152 e. The first-order valence-electron chi connectivity index (χ1n) is 10.3. The highest BCUT2D eigenvalue weighted by Gasteiger charge is 2.21. The first-order valence-corrected chi connectivity index (χ1v) is 10.3. The summed E-state index contributed by atoms with van der Waals surface area (Å²) in [5.74, 6) is 1.25. The van der Waals surface area contributed by atoms with Crippen molar-refractivity contribution in [3.63, 3.8) is 0 Å². The van der Waals surface area contributed by atoms with Crippen LogP contribution in [0.15, 0.2) is 48.5 Å². The molecule has 2 aromatic heterocycles.